The van der Waals surface area contributed by atoms with Gasteiger partial charge >= 0.3 is 0 Å². The van der Waals surface area contributed by atoms with E-state index >= 15 is 0 Å². The molecule has 0 aromatic heterocycles. The standard InChI is InChI=1S/C10H22N2O2S/c1-8(2)12-10(7-11)6-4-5-9(10)15(3,13)14/h8-9,12H,4-7,11H2,1-3H3. The summed E-state index contributed by atoms with van der Waals surface area (Å²) in [7, 11) is -3.01. The van der Waals surface area contributed by atoms with E-state index in [0.717, 1.165) is 19.3 Å². The van der Waals surface area contributed by atoms with Crippen molar-refractivity contribution in [1.29, 1.82) is 0 Å². The zero-order chi connectivity index (χ0) is 11.7. The van der Waals surface area contributed by atoms with Gasteiger partial charge in [0.1, 0.15) is 0 Å². The van der Waals surface area contributed by atoms with Crippen molar-refractivity contribution in [2.45, 2.75) is 49.9 Å². The van der Waals surface area contributed by atoms with Gasteiger partial charge in [0.25, 0.3) is 0 Å². The summed E-state index contributed by atoms with van der Waals surface area (Å²) < 4.78 is 23.4. The summed E-state index contributed by atoms with van der Waals surface area (Å²) in [6.45, 7) is 4.44. The molecule has 0 aromatic carbocycles. The molecular formula is C10H22N2O2S. The van der Waals surface area contributed by atoms with Crippen LogP contribution in [0.5, 0.6) is 0 Å². The third kappa shape index (κ3) is 2.71. The highest BCUT2D eigenvalue weighted by Gasteiger charge is 2.47. The minimum absolute atomic E-state index is 0.260. The third-order valence-corrected chi connectivity index (χ3v) is 4.88. The topological polar surface area (TPSA) is 72.2 Å². The Kier molecular flexibility index (Phi) is 3.79. The van der Waals surface area contributed by atoms with Crippen molar-refractivity contribution in [2.24, 2.45) is 5.73 Å². The minimum Gasteiger partial charge on any atom is -0.329 e. The lowest BCUT2D eigenvalue weighted by atomic mass is 9.96. The molecule has 15 heavy (non-hydrogen) atoms. The molecule has 90 valence electrons. The molecular weight excluding hydrogens is 212 g/mol. The molecule has 2 atom stereocenters. The lowest BCUT2D eigenvalue weighted by Crippen LogP contribution is -2.60. The SMILES string of the molecule is CC(C)NC1(CN)CCCC1S(C)(=O)=O. The fourth-order valence-electron chi connectivity index (χ4n) is 2.70. The van der Waals surface area contributed by atoms with E-state index in [-0.39, 0.29) is 11.3 Å². The van der Waals surface area contributed by atoms with Crippen LogP contribution in [-0.4, -0.2) is 38.0 Å². The van der Waals surface area contributed by atoms with Crippen molar-refractivity contribution >= 4 is 9.84 Å². The number of hydrogen-bond acceptors (Lipinski definition) is 4. The van der Waals surface area contributed by atoms with Gasteiger partial charge in [0.2, 0.25) is 0 Å². The summed E-state index contributed by atoms with van der Waals surface area (Å²) in [5, 5.41) is 3.04. The molecule has 0 aliphatic heterocycles. The van der Waals surface area contributed by atoms with E-state index in [1.165, 1.54) is 6.26 Å². The van der Waals surface area contributed by atoms with Crippen LogP contribution in [0.1, 0.15) is 33.1 Å². The molecule has 0 radical (unpaired) electrons. The fourth-order valence-corrected chi connectivity index (χ4v) is 4.39. The Hall–Kier alpha value is -0.130. The zero-order valence-electron chi connectivity index (χ0n) is 9.79. The van der Waals surface area contributed by atoms with E-state index in [4.69, 9.17) is 5.73 Å². The lowest BCUT2D eigenvalue weighted by Gasteiger charge is -2.36. The quantitative estimate of drug-likeness (QED) is 0.733. The van der Waals surface area contributed by atoms with E-state index in [0.29, 0.717) is 6.54 Å². The predicted octanol–water partition coefficient (Wildman–Crippen LogP) is 0.279. The molecule has 0 heterocycles. The first-order valence-corrected chi connectivity index (χ1v) is 7.44. The number of nitrogens with one attached hydrogen (secondary N) is 1. The van der Waals surface area contributed by atoms with E-state index in [9.17, 15) is 8.42 Å². The summed E-state index contributed by atoms with van der Waals surface area (Å²) in [6.07, 6.45) is 3.85. The average molecular weight is 234 g/mol. The highest BCUT2D eigenvalue weighted by Crippen LogP contribution is 2.34. The molecule has 1 fully saturated rings. The van der Waals surface area contributed by atoms with Gasteiger partial charge in [0.15, 0.2) is 9.84 Å². The molecule has 3 N–H and O–H groups in total. The number of nitrogens with two attached hydrogens (primary N) is 1. The molecule has 0 spiro atoms. The monoisotopic (exact) mass is 234 g/mol. The first-order valence-electron chi connectivity index (χ1n) is 5.48. The highest BCUT2D eigenvalue weighted by molar-refractivity contribution is 7.91. The average Bonchev–Trinajstić information content (AvgIpc) is 2.47. The lowest BCUT2D eigenvalue weighted by molar-refractivity contribution is 0.314. The maximum atomic E-state index is 11.7. The second-order valence-electron chi connectivity index (χ2n) is 4.87. The van der Waals surface area contributed by atoms with Crippen molar-refractivity contribution in [3.8, 4) is 0 Å². The summed E-state index contributed by atoms with van der Waals surface area (Å²) in [5.74, 6) is 0. The smallest absolute Gasteiger partial charge is 0.152 e. The molecule has 1 aliphatic carbocycles. The molecule has 0 amide bonds. The van der Waals surface area contributed by atoms with Gasteiger partial charge in [-0.15, -0.1) is 0 Å². The van der Waals surface area contributed by atoms with E-state index in [2.05, 4.69) is 5.32 Å². The van der Waals surface area contributed by atoms with Gasteiger partial charge in [-0.2, -0.15) is 0 Å². The molecule has 2 unspecified atom stereocenters. The van der Waals surface area contributed by atoms with Gasteiger partial charge in [-0.25, -0.2) is 8.42 Å². The van der Waals surface area contributed by atoms with Crippen molar-refractivity contribution in [1.82, 2.24) is 5.32 Å². The zero-order valence-corrected chi connectivity index (χ0v) is 10.6. The summed E-state index contributed by atoms with van der Waals surface area (Å²) in [5.41, 5.74) is 5.38. The van der Waals surface area contributed by atoms with Gasteiger partial charge in [-0.05, 0) is 12.8 Å². The third-order valence-electron chi connectivity index (χ3n) is 3.16. The Morgan fingerprint density at radius 2 is 2.13 bits per heavy atom. The summed E-state index contributed by atoms with van der Waals surface area (Å²) >= 11 is 0. The Morgan fingerprint density at radius 1 is 1.53 bits per heavy atom. The fraction of sp³-hybridized carbons (Fsp3) is 1.00. The molecule has 1 rings (SSSR count). The van der Waals surface area contributed by atoms with Crippen LogP contribution in [0.2, 0.25) is 0 Å². The van der Waals surface area contributed by atoms with E-state index < -0.39 is 15.4 Å². The summed E-state index contributed by atoms with van der Waals surface area (Å²) in [4.78, 5) is 0. The first-order chi connectivity index (χ1) is 6.82. The van der Waals surface area contributed by atoms with Crippen LogP contribution in [0.25, 0.3) is 0 Å². The van der Waals surface area contributed by atoms with Crippen LogP contribution in [0, 0.1) is 0 Å². The van der Waals surface area contributed by atoms with Gasteiger partial charge < -0.3 is 11.1 Å². The van der Waals surface area contributed by atoms with Crippen LogP contribution < -0.4 is 11.1 Å². The summed E-state index contributed by atoms with van der Waals surface area (Å²) in [6, 6.07) is 0.260. The Bertz CT molecular complexity index is 313. The molecule has 0 aromatic rings. The maximum Gasteiger partial charge on any atom is 0.152 e. The van der Waals surface area contributed by atoms with Crippen molar-refractivity contribution < 1.29 is 8.42 Å². The molecule has 1 saturated carbocycles. The first kappa shape index (κ1) is 12.9. The Balaban J connectivity index is 2.96. The normalized spacial score (nSPS) is 32.5. The number of rotatable bonds is 4. The Labute approximate surface area is 92.5 Å². The molecule has 0 saturated heterocycles. The van der Waals surface area contributed by atoms with Crippen LogP contribution in [-0.2, 0) is 9.84 Å². The van der Waals surface area contributed by atoms with Gasteiger partial charge in [0, 0.05) is 24.4 Å². The van der Waals surface area contributed by atoms with Crippen LogP contribution >= 0.6 is 0 Å². The number of sulfone groups is 1. The van der Waals surface area contributed by atoms with E-state index in [1.54, 1.807) is 0 Å². The van der Waals surface area contributed by atoms with Crippen LogP contribution in [0.3, 0.4) is 0 Å². The molecule has 1 aliphatic rings. The van der Waals surface area contributed by atoms with Crippen molar-refractivity contribution in [3.63, 3.8) is 0 Å². The molecule has 5 heteroatoms. The number of hydrogen-bond donors (Lipinski definition) is 2. The van der Waals surface area contributed by atoms with Gasteiger partial charge in [-0.3, -0.25) is 0 Å². The molecule has 0 bridgehead atoms. The molecule has 4 nitrogen and oxygen atoms in total. The Morgan fingerprint density at radius 3 is 2.53 bits per heavy atom. The predicted molar refractivity (Wildman–Crippen MR) is 62.5 cm³/mol. The van der Waals surface area contributed by atoms with E-state index in [1.807, 2.05) is 13.8 Å². The highest BCUT2D eigenvalue weighted by atomic mass is 32.2. The largest absolute Gasteiger partial charge is 0.329 e. The second-order valence-corrected chi connectivity index (χ2v) is 7.10. The van der Waals surface area contributed by atoms with Crippen LogP contribution in [0.15, 0.2) is 0 Å². The van der Waals surface area contributed by atoms with Gasteiger partial charge in [-0.1, -0.05) is 20.3 Å². The maximum absolute atomic E-state index is 11.7. The van der Waals surface area contributed by atoms with Crippen molar-refractivity contribution in [2.75, 3.05) is 12.8 Å². The second kappa shape index (κ2) is 4.39. The van der Waals surface area contributed by atoms with Crippen molar-refractivity contribution in [3.05, 3.63) is 0 Å². The van der Waals surface area contributed by atoms with Crippen LogP contribution in [0.4, 0.5) is 0 Å². The van der Waals surface area contributed by atoms with Gasteiger partial charge in [0.05, 0.1) is 5.25 Å². The minimum atomic E-state index is -3.01.